The first-order valence-corrected chi connectivity index (χ1v) is 9.31. The van der Waals surface area contributed by atoms with Gasteiger partial charge in [0.2, 0.25) is 0 Å². The highest BCUT2D eigenvalue weighted by Gasteiger charge is 2.50. The Kier molecular flexibility index (Phi) is 4.25. The van der Waals surface area contributed by atoms with Crippen molar-refractivity contribution in [3.05, 3.63) is 52.3 Å². The van der Waals surface area contributed by atoms with Crippen molar-refractivity contribution in [2.45, 2.75) is 23.3 Å². The highest BCUT2D eigenvalue weighted by atomic mass is 35.5. The molecule has 0 saturated carbocycles. The van der Waals surface area contributed by atoms with Crippen LogP contribution in [0.2, 0.25) is 5.02 Å². The third kappa shape index (κ3) is 3.33. The van der Waals surface area contributed by atoms with Crippen LogP contribution in [0, 0.1) is 5.82 Å². The van der Waals surface area contributed by atoms with Gasteiger partial charge in [0.25, 0.3) is 5.92 Å². The third-order valence-electron chi connectivity index (χ3n) is 3.82. The van der Waals surface area contributed by atoms with Gasteiger partial charge in [-0.2, -0.15) is 0 Å². The number of halogens is 4. The van der Waals surface area contributed by atoms with Gasteiger partial charge in [0.15, 0.2) is 9.84 Å². The van der Waals surface area contributed by atoms with E-state index < -0.39 is 44.6 Å². The van der Waals surface area contributed by atoms with E-state index >= 15 is 0 Å². The molecule has 0 heterocycles. The van der Waals surface area contributed by atoms with Crippen LogP contribution in [0.1, 0.15) is 17.2 Å². The maximum atomic E-state index is 14.0. The second-order valence-electron chi connectivity index (χ2n) is 5.77. The zero-order valence-electron chi connectivity index (χ0n) is 12.8. The van der Waals surface area contributed by atoms with Gasteiger partial charge in [0.05, 0.1) is 4.90 Å². The molecule has 0 saturated heterocycles. The van der Waals surface area contributed by atoms with Gasteiger partial charge in [0, 0.05) is 34.9 Å². The summed E-state index contributed by atoms with van der Waals surface area (Å²) in [6.45, 7) is 0. The number of benzene rings is 2. The first kappa shape index (κ1) is 18.0. The largest absolute Gasteiger partial charge is 0.457 e. The van der Waals surface area contributed by atoms with Gasteiger partial charge in [-0.25, -0.2) is 21.6 Å². The summed E-state index contributed by atoms with van der Waals surface area (Å²) in [6.07, 6.45) is -2.31. The van der Waals surface area contributed by atoms with Crippen LogP contribution in [0.25, 0.3) is 0 Å². The Bertz CT molecular complexity index is 940. The number of hydrogen-bond acceptors (Lipinski definition) is 4. The summed E-state index contributed by atoms with van der Waals surface area (Å²) >= 11 is 5.73. The molecule has 2 aromatic rings. The van der Waals surface area contributed by atoms with Gasteiger partial charge in [0.1, 0.15) is 23.4 Å². The first-order valence-electron chi connectivity index (χ1n) is 7.05. The molecule has 2 aromatic carbocycles. The third-order valence-corrected chi connectivity index (χ3v) is 5.20. The zero-order valence-corrected chi connectivity index (χ0v) is 14.3. The average molecular weight is 393 g/mol. The summed E-state index contributed by atoms with van der Waals surface area (Å²) in [4.78, 5) is -0.392. The number of aliphatic hydroxyl groups is 1. The Morgan fingerprint density at radius 2 is 1.96 bits per heavy atom. The lowest BCUT2D eigenvalue weighted by molar-refractivity contribution is -0.0976. The summed E-state index contributed by atoms with van der Waals surface area (Å²) in [7, 11) is -3.84. The number of alkyl halides is 2. The van der Waals surface area contributed by atoms with Gasteiger partial charge in [-0.15, -0.1) is 0 Å². The highest BCUT2D eigenvalue weighted by molar-refractivity contribution is 7.90. The van der Waals surface area contributed by atoms with Crippen LogP contribution in [-0.2, 0) is 16.3 Å². The second kappa shape index (κ2) is 5.89. The lowest BCUT2D eigenvalue weighted by Gasteiger charge is -2.15. The molecule has 0 radical (unpaired) electrons. The number of ether oxygens (including phenoxy) is 1. The van der Waals surface area contributed by atoms with Crippen molar-refractivity contribution in [2.24, 2.45) is 0 Å². The van der Waals surface area contributed by atoms with E-state index in [1.54, 1.807) is 0 Å². The first-order chi connectivity index (χ1) is 11.5. The topological polar surface area (TPSA) is 63.6 Å². The molecule has 1 N–H and O–H groups in total. The lowest BCUT2D eigenvalue weighted by atomic mass is 10.1. The predicted molar refractivity (Wildman–Crippen MR) is 84.6 cm³/mol. The summed E-state index contributed by atoms with van der Waals surface area (Å²) in [5.41, 5.74) is -0.534. The van der Waals surface area contributed by atoms with Crippen LogP contribution >= 0.6 is 11.6 Å². The Balaban J connectivity index is 2.15. The van der Waals surface area contributed by atoms with E-state index in [0.29, 0.717) is 0 Å². The minimum atomic E-state index is -3.84. The van der Waals surface area contributed by atoms with Crippen molar-refractivity contribution >= 4 is 21.4 Å². The number of fused-ring (bicyclic) bond motifs is 1. The fourth-order valence-corrected chi connectivity index (χ4v) is 3.94. The van der Waals surface area contributed by atoms with Crippen LogP contribution in [0.3, 0.4) is 0 Å². The van der Waals surface area contributed by atoms with Crippen molar-refractivity contribution in [1.29, 1.82) is 0 Å². The van der Waals surface area contributed by atoms with Crippen LogP contribution < -0.4 is 4.74 Å². The van der Waals surface area contributed by atoms with E-state index in [1.807, 2.05) is 0 Å². The Labute approximate surface area is 146 Å². The van der Waals surface area contributed by atoms with Gasteiger partial charge in [-0.1, -0.05) is 11.6 Å². The maximum Gasteiger partial charge on any atom is 0.281 e. The zero-order chi connectivity index (χ0) is 18.6. The number of hydrogen-bond donors (Lipinski definition) is 1. The molecule has 1 unspecified atom stereocenters. The number of rotatable bonds is 3. The Hall–Kier alpha value is -1.77. The minimum Gasteiger partial charge on any atom is -0.457 e. The van der Waals surface area contributed by atoms with E-state index in [9.17, 15) is 26.7 Å². The monoisotopic (exact) mass is 392 g/mol. The Morgan fingerprint density at radius 1 is 1.28 bits per heavy atom. The van der Waals surface area contributed by atoms with Crippen LogP contribution in [0.15, 0.2) is 35.2 Å². The summed E-state index contributed by atoms with van der Waals surface area (Å²) in [6, 6.07) is 5.61. The smallest absolute Gasteiger partial charge is 0.281 e. The standard InChI is InChI=1S/C16H12ClF3O4S/c1-25(22,23)13-3-2-12(11-7-16(19,20)15(21)14(11)13)24-10-5-8(17)4-9(18)6-10/h2-6,15,21H,7H2,1H3. The van der Waals surface area contributed by atoms with Crippen molar-refractivity contribution < 1.29 is 31.4 Å². The second-order valence-corrected chi connectivity index (χ2v) is 8.19. The Morgan fingerprint density at radius 3 is 2.56 bits per heavy atom. The maximum absolute atomic E-state index is 14.0. The van der Waals surface area contributed by atoms with Crippen LogP contribution in [0.5, 0.6) is 11.5 Å². The van der Waals surface area contributed by atoms with Crippen LogP contribution in [-0.4, -0.2) is 25.7 Å². The molecule has 0 aliphatic heterocycles. The number of aliphatic hydroxyl groups excluding tert-OH is 1. The summed E-state index contributed by atoms with van der Waals surface area (Å²) in [5, 5.41) is 9.93. The molecule has 3 rings (SSSR count). The molecule has 25 heavy (non-hydrogen) atoms. The van der Waals surface area contributed by atoms with E-state index in [4.69, 9.17) is 16.3 Å². The SMILES string of the molecule is CS(=O)(=O)c1ccc(Oc2cc(F)cc(Cl)c2)c2c1C(O)C(F)(F)C2. The fraction of sp³-hybridized carbons (Fsp3) is 0.250. The van der Waals surface area contributed by atoms with Crippen LogP contribution in [0.4, 0.5) is 13.2 Å². The molecule has 0 spiro atoms. The lowest BCUT2D eigenvalue weighted by Crippen LogP contribution is -2.22. The normalized spacial score (nSPS) is 18.9. The molecule has 0 bridgehead atoms. The highest BCUT2D eigenvalue weighted by Crippen LogP contribution is 2.49. The molecule has 1 aliphatic rings. The van der Waals surface area contributed by atoms with Gasteiger partial charge in [-0.05, 0) is 24.3 Å². The van der Waals surface area contributed by atoms with E-state index in [0.717, 1.165) is 24.5 Å². The molecule has 4 nitrogen and oxygen atoms in total. The van der Waals surface area contributed by atoms with Gasteiger partial charge in [-0.3, -0.25) is 0 Å². The molecular weight excluding hydrogens is 381 g/mol. The number of sulfone groups is 1. The van der Waals surface area contributed by atoms with Crippen molar-refractivity contribution in [3.63, 3.8) is 0 Å². The molecule has 0 aromatic heterocycles. The van der Waals surface area contributed by atoms with E-state index in [-0.39, 0.29) is 22.1 Å². The molecular formula is C16H12ClF3O4S. The molecule has 0 fully saturated rings. The van der Waals surface area contributed by atoms with E-state index in [2.05, 4.69) is 0 Å². The van der Waals surface area contributed by atoms with Gasteiger partial charge >= 0.3 is 0 Å². The van der Waals surface area contributed by atoms with E-state index in [1.165, 1.54) is 12.1 Å². The molecule has 1 aliphatic carbocycles. The van der Waals surface area contributed by atoms with Crippen molar-refractivity contribution in [2.75, 3.05) is 6.26 Å². The fourth-order valence-electron chi connectivity index (χ4n) is 2.78. The quantitative estimate of drug-likeness (QED) is 0.860. The summed E-state index contributed by atoms with van der Waals surface area (Å²) < 4.78 is 70.5. The summed E-state index contributed by atoms with van der Waals surface area (Å²) in [5.74, 6) is -4.36. The predicted octanol–water partition coefficient (Wildman–Crippen LogP) is 3.90. The van der Waals surface area contributed by atoms with Crippen molar-refractivity contribution in [3.8, 4) is 11.5 Å². The van der Waals surface area contributed by atoms with Crippen molar-refractivity contribution in [1.82, 2.24) is 0 Å². The molecule has 0 amide bonds. The minimum absolute atomic E-state index is 0.0380. The molecule has 1 atom stereocenters. The van der Waals surface area contributed by atoms with Gasteiger partial charge < -0.3 is 9.84 Å². The molecule has 9 heteroatoms. The molecule has 134 valence electrons. The average Bonchev–Trinajstić information content (AvgIpc) is 2.68.